The molecule has 0 spiro atoms. The van der Waals surface area contributed by atoms with Crippen LogP contribution in [0, 0.1) is 6.92 Å². The number of benzene rings is 1. The van der Waals surface area contributed by atoms with Crippen LogP contribution in [-0.4, -0.2) is 11.2 Å². The van der Waals surface area contributed by atoms with Crippen LogP contribution >= 0.6 is 11.3 Å². The molecular weight excluding hydrogens is 355 g/mol. The van der Waals surface area contributed by atoms with Crippen molar-refractivity contribution in [3.8, 4) is 0 Å². The van der Waals surface area contributed by atoms with Gasteiger partial charge >= 0.3 is 6.18 Å². The van der Waals surface area contributed by atoms with Gasteiger partial charge in [0.2, 0.25) is 0 Å². The van der Waals surface area contributed by atoms with Crippen molar-refractivity contribution in [2.45, 2.75) is 57.0 Å². The molecule has 0 amide bonds. The van der Waals surface area contributed by atoms with E-state index in [4.69, 9.17) is 0 Å². The molecule has 1 saturated carbocycles. The molecule has 0 saturated heterocycles. The summed E-state index contributed by atoms with van der Waals surface area (Å²) in [6, 6.07) is 9.73. The zero-order valence-corrected chi connectivity index (χ0v) is 15.5. The Morgan fingerprint density at radius 2 is 1.96 bits per heavy atom. The zero-order valence-electron chi connectivity index (χ0n) is 14.7. The van der Waals surface area contributed by atoms with Gasteiger partial charge in [0, 0.05) is 27.4 Å². The van der Waals surface area contributed by atoms with E-state index in [1.807, 2.05) is 36.6 Å². The first-order chi connectivity index (χ1) is 12.4. The van der Waals surface area contributed by atoms with Gasteiger partial charge in [-0.25, -0.2) is 0 Å². The number of aryl methyl sites for hydroxylation is 1. The molecule has 5 heteroatoms. The molecule has 138 valence electrons. The van der Waals surface area contributed by atoms with Crippen molar-refractivity contribution >= 4 is 22.2 Å². The molecule has 1 N–H and O–H groups in total. The molecular formula is C21H22F3NS. The Morgan fingerprint density at radius 3 is 2.62 bits per heavy atom. The lowest BCUT2D eigenvalue weighted by atomic mass is 9.87. The molecule has 4 rings (SSSR count). The Labute approximate surface area is 155 Å². The van der Waals surface area contributed by atoms with Gasteiger partial charge in [-0.1, -0.05) is 31.0 Å². The standard InChI is InChI=1S/C21H22F3NS/c1-13-8-9-15-17(11-13)25-20(14-5-2-3-6-14)19(15)16(12-21(22,23)24)18-7-4-10-26-18/h4,7-11,14,16,25H,2-3,5-6,12H2,1H3/t16-/m1/s1. The largest absolute Gasteiger partial charge is 0.390 e. The van der Waals surface area contributed by atoms with Gasteiger partial charge < -0.3 is 4.98 Å². The van der Waals surface area contributed by atoms with E-state index in [1.54, 1.807) is 0 Å². The quantitative estimate of drug-likeness (QED) is 0.492. The fraction of sp³-hybridized carbons (Fsp3) is 0.429. The highest BCUT2D eigenvalue weighted by atomic mass is 32.1. The Hall–Kier alpha value is -1.75. The van der Waals surface area contributed by atoms with Crippen LogP contribution in [0.5, 0.6) is 0 Å². The highest BCUT2D eigenvalue weighted by molar-refractivity contribution is 7.10. The van der Waals surface area contributed by atoms with Gasteiger partial charge in [-0.15, -0.1) is 11.3 Å². The molecule has 3 aromatic rings. The average Bonchev–Trinajstić information content (AvgIpc) is 3.31. The number of hydrogen-bond donors (Lipinski definition) is 1. The normalized spacial score (nSPS) is 17.2. The van der Waals surface area contributed by atoms with Crippen molar-refractivity contribution in [3.63, 3.8) is 0 Å². The van der Waals surface area contributed by atoms with E-state index in [9.17, 15) is 13.2 Å². The van der Waals surface area contributed by atoms with E-state index < -0.39 is 18.5 Å². The fourth-order valence-electron chi connectivity index (χ4n) is 4.33. The molecule has 0 unspecified atom stereocenters. The topological polar surface area (TPSA) is 15.8 Å². The molecule has 1 atom stereocenters. The monoisotopic (exact) mass is 377 g/mol. The second-order valence-corrected chi connectivity index (χ2v) is 8.35. The molecule has 1 aliphatic rings. The van der Waals surface area contributed by atoms with Crippen LogP contribution in [-0.2, 0) is 0 Å². The van der Waals surface area contributed by atoms with Crippen molar-refractivity contribution in [2.24, 2.45) is 0 Å². The van der Waals surface area contributed by atoms with E-state index >= 15 is 0 Å². The molecule has 26 heavy (non-hydrogen) atoms. The number of nitrogens with one attached hydrogen (secondary N) is 1. The number of fused-ring (bicyclic) bond motifs is 1. The Kier molecular flexibility index (Phi) is 4.59. The third-order valence-corrected chi connectivity index (χ3v) is 6.44. The van der Waals surface area contributed by atoms with Crippen LogP contribution in [0.4, 0.5) is 13.2 Å². The van der Waals surface area contributed by atoms with Gasteiger partial charge in [0.05, 0.1) is 6.42 Å². The first kappa shape index (κ1) is 17.7. The van der Waals surface area contributed by atoms with Crippen LogP contribution in [0.15, 0.2) is 35.7 Å². The van der Waals surface area contributed by atoms with Crippen molar-refractivity contribution in [1.82, 2.24) is 4.98 Å². The van der Waals surface area contributed by atoms with Crippen LogP contribution in [0.25, 0.3) is 10.9 Å². The number of hydrogen-bond acceptors (Lipinski definition) is 1. The van der Waals surface area contributed by atoms with Gasteiger partial charge in [0.1, 0.15) is 0 Å². The number of halogens is 3. The number of aromatic amines is 1. The van der Waals surface area contributed by atoms with E-state index in [0.717, 1.165) is 58.3 Å². The molecule has 0 bridgehead atoms. The lowest BCUT2D eigenvalue weighted by Crippen LogP contribution is -2.15. The van der Waals surface area contributed by atoms with E-state index in [1.165, 1.54) is 11.3 Å². The minimum Gasteiger partial charge on any atom is -0.358 e. The SMILES string of the molecule is Cc1ccc2c([C@H](CC(F)(F)F)c3cccs3)c(C3CCCC3)[nH]c2c1. The predicted octanol–water partition coefficient (Wildman–Crippen LogP) is 7.28. The summed E-state index contributed by atoms with van der Waals surface area (Å²) < 4.78 is 40.4. The summed E-state index contributed by atoms with van der Waals surface area (Å²) >= 11 is 1.42. The lowest BCUT2D eigenvalue weighted by molar-refractivity contribution is -0.136. The van der Waals surface area contributed by atoms with Gasteiger partial charge in [0.15, 0.2) is 0 Å². The highest BCUT2D eigenvalue weighted by Crippen LogP contribution is 2.46. The summed E-state index contributed by atoms with van der Waals surface area (Å²) in [5.41, 5.74) is 3.98. The van der Waals surface area contributed by atoms with Crippen LogP contribution < -0.4 is 0 Å². The van der Waals surface area contributed by atoms with Crippen LogP contribution in [0.1, 0.15) is 65.6 Å². The van der Waals surface area contributed by atoms with Gasteiger partial charge in [0.25, 0.3) is 0 Å². The Morgan fingerprint density at radius 1 is 1.19 bits per heavy atom. The number of alkyl halides is 3. The summed E-state index contributed by atoms with van der Waals surface area (Å²) in [6.07, 6.45) is -0.587. The summed E-state index contributed by atoms with van der Waals surface area (Å²) in [7, 11) is 0. The van der Waals surface area contributed by atoms with E-state index in [2.05, 4.69) is 11.1 Å². The maximum absolute atomic E-state index is 13.5. The second kappa shape index (κ2) is 6.76. The maximum atomic E-state index is 13.5. The highest BCUT2D eigenvalue weighted by Gasteiger charge is 2.37. The number of thiophene rings is 1. The number of H-pyrrole nitrogens is 1. The smallest absolute Gasteiger partial charge is 0.358 e. The Balaban J connectivity index is 1.92. The second-order valence-electron chi connectivity index (χ2n) is 7.37. The predicted molar refractivity (Wildman–Crippen MR) is 101 cm³/mol. The first-order valence-corrected chi connectivity index (χ1v) is 10.0. The fourth-order valence-corrected chi connectivity index (χ4v) is 5.17. The molecule has 1 aliphatic carbocycles. The molecule has 0 radical (unpaired) electrons. The number of aromatic nitrogens is 1. The maximum Gasteiger partial charge on any atom is 0.390 e. The van der Waals surface area contributed by atoms with Gasteiger partial charge in [-0.05, 0) is 54.3 Å². The summed E-state index contributed by atoms with van der Waals surface area (Å²) in [5.74, 6) is -0.296. The van der Waals surface area contributed by atoms with Gasteiger partial charge in [-0.3, -0.25) is 0 Å². The molecule has 1 fully saturated rings. The lowest BCUT2D eigenvalue weighted by Gasteiger charge is -2.21. The van der Waals surface area contributed by atoms with E-state index in [-0.39, 0.29) is 0 Å². The summed E-state index contributed by atoms with van der Waals surface area (Å²) in [5, 5.41) is 2.81. The van der Waals surface area contributed by atoms with Gasteiger partial charge in [-0.2, -0.15) is 13.2 Å². The third kappa shape index (κ3) is 3.41. The zero-order chi connectivity index (χ0) is 18.3. The molecule has 1 nitrogen and oxygen atoms in total. The summed E-state index contributed by atoms with van der Waals surface area (Å²) in [6.45, 7) is 2.02. The van der Waals surface area contributed by atoms with Crippen molar-refractivity contribution in [2.75, 3.05) is 0 Å². The van der Waals surface area contributed by atoms with Crippen molar-refractivity contribution in [3.05, 3.63) is 57.4 Å². The first-order valence-electron chi connectivity index (χ1n) is 9.14. The molecule has 0 aliphatic heterocycles. The minimum absolute atomic E-state index is 0.341. The number of rotatable bonds is 4. The molecule has 1 aromatic carbocycles. The Bertz CT molecular complexity index is 886. The van der Waals surface area contributed by atoms with E-state index in [0.29, 0.717) is 5.92 Å². The molecule has 2 aromatic heterocycles. The summed E-state index contributed by atoms with van der Waals surface area (Å²) in [4.78, 5) is 4.31. The third-order valence-electron chi connectivity index (χ3n) is 5.46. The van der Waals surface area contributed by atoms with Crippen LogP contribution in [0.3, 0.4) is 0 Å². The minimum atomic E-state index is -4.20. The average molecular weight is 377 g/mol. The van der Waals surface area contributed by atoms with Crippen molar-refractivity contribution in [1.29, 1.82) is 0 Å². The van der Waals surface area contributed by atoms with Crippen LogP contribution in [0.2, 0.25) is 0 Å². The molecule has 2 heterocycles. The van der Waals surface area contributed by atoms with Crippen molar-refractivity contribution < 1.29 is 13.2 Å².